The molecule has 2 heterocycles. The highest BCUT2D eigenvalue weighted by atomic mass is 32.2. The number of amides is 1. The number of anilines is 1. The second-order valence-electron chi connectivity index (χ2n) is 6.16. The minimum absolute atomic E-state index is 0.0401. The van der Waals surface area contributed by atoms with Gasteiger partial charge < -0.3 is 14.8 Å². The number of nitrogens with zero attached hydrogens (tertiary/aromatic N) is 1. The maximum absolute atomic E-state index is 12.8. The molecule has 1 N–H and O–H groups in total. The van der Waals surface area contributed by atoms with Crippen LogP contribution >= 0.6 is 11.3 Å². The normalized spacial score (nSPS) is 16.9. The Balaban J connectivity index is 1.70. The van der Waals surface area contributed by atoms with Crippen molar-refractivity contribution in [3.63, 3.8) is 0 Å². The molecule has 0 saturated carbocycles. The van der Waals surface area contributed by atoms with E-state index in [4.69, 9.17) is 9.47 Å². The quantitative estimate of drug-likeness (QED) is 0.758. The van der Waals surface area contributed by atoms with Crippen LogP contribution in [0.5, 0.6) is 5.75 Å². The van der Waals surface area contributed by atoms with Gasteiger partial charge >= 0.3 is 0 Å². The number of sulfonamides is 1. The van der Waals surface area contributed by atoms with Gasteiger partial charge in [0.15, 0.2) is 0 Å². The fourth-order valence-corrected chi connectivity index (χ4v) is 5.13. The topological polar surface area (TPSA) is 84.9 Å². The van der Waals surface area contributed by atoms with Crippen molar-refractivity contribution in [2.24, 2.45) is 0 Å². The summed E-state index contributed by atoms with van der Waals surface area (Å²) in [5, 5.41) is 4.29. The summed E-state index contributed by atoms with van der Waals surface area (Å²) in [7, 11) is -0.731. The number of hydrogen-bond donors (Lipinski definition) is 1. The Morgan fingerprint density at radius 1 is 1.37 bits per heavy atom. The van der Waals surface area contributed by atoms with E-state index in [-0.39, 0.29) is 16.9 Å². The van der Waals surface area contributed by atoms with E-state index in [1.165, 1.54) is 22.8 Å². The number of hydrogen-bond acceptors (Lipinski definition) is 6. The molecular formula is C18H22N2O5S2. The average Bonchev–Trinajstić information content (AvgIpc) is 3.37. The van der Waals surface area contributed by atoms with Crippen LogP contribution in [0.3, 0.4) is 0 Å². The van der Waals surface area contributed by atoms with Crippen LogP contribution in [0.4, 0.5) is 5.69 Å². The summed E-state index contributed by atoms with van der Waals surface area (Å²) in [6, 6.07) is 8.12. The molecule has 0 spiro atoms. The molecular weight excluding hydrogens is 388 g/mol. The molecule has 1 atom stereocenters. The van der Waals surface area contributed by atoms with Gasteiger partial charge in [-0.1, -0.05) is 0 Å². The van der Waals surface area contributed by atoms with Crippen molar-refractivity contribution >= 4 is 33.0 Å². The minimum Gasteiger partial charge on any atom is -0.497 e. The van der Waals surface area contributed by atoms with Gasteiger partial charge in [0, 0.05) is 25.6 Å². The third-order valence-electron chi connectivity index (χ3n) is 4.41. The standard InChI is InChI=1S/C18H22N2O5S2/c1-20(13-5-7-14(24-2)8-6-13)27(22,23)16-10-17(26-12-16)18(21)19-11-15-4-3-9-25-15/h5-8,10,12,15H,3-4,9,11H2,1-2H3,(H,19,21)/t15-/m0/s1. The Bertz CT molecular complexity index is 887. The van der Waals surface area contributed by atoms with Crippen molar-refractivity contribution in [2.75, 3.05) is 31.6 Å². The third kappa shape index (κ3) is 4.42. The van der Waals surface area contributed by atoms with E-state index < -0.39 is 10.0 Å². The SMILES string of the molecule is COc1ccc(N(C)S(=O)(=O)c2csc(C(=O)NC[C@@H]3CCCO3)c2)cc1. The van der Waals surface area contributed by atoms with E-state index in [1.807, 2.05) is 0 Å². The number of thiophene rings is 1. The average molecular weight is 411 g/mol. The van der Waals surface area contributed by atoms with Gasteiger partial charge in [-0.05, 0) is 43.2 Å². The molecule has 1 saturated heterocycles. The van der Waals surface area contributed by atoms with Gasteiger partial charge in [-0.3, -0.25) is 9.10 Å². The van der Waals surface area contributed by atoms with Crippen LogP contribution < -0.4 is 14.4 Å². The molecule has 1 aliphatic heterocycles. The second-order valence-corrected chi connectivity index (χ2v) is 9.04. The fourth-order valence-electron chi connectivity index (χ4n) is 2.76. The summed E-state index contributed by atoms with van der Waals surface area (Å²) in [6.45, 7) is 1.16. The second kappa shape index (κ2) is 8.28. The summed E-state index contributed by atoms with van der Waals surface area (Å²) in [5.74, 6) is 0.356. The zero-order valence-electron chi connectivity index (χ0n) is 15.2. The summed E-state index contributed by atoms with van der Waals surface area (Å²) < 4.78 is 37.4. The highest BCUT2D eigenvalue weighted by Crippen LogP contribution is 2.27. The first-order valence-electron chi connectivity index (χ1n) is 8.53. The lowest BCUT2D eigenvalue weighted by Crippen LogP contribution is -2.31. The van der Waals surface area contributed by atoms with Crippen molar-refractivity contribution in [1.82, 2.24) is 5.32 Å². The minimum atomic E-state index is -3.76. The highest BCUT2D eigenvalue weighted by Gasteiger charge is 2.24. The predicted octanol–water partition coefficient (Wildman–Crippen LogP) is 2.49. The van der Waals surface area contributed by atoms with Crippen molar-refractivity contribution in [1.29, 1.82) is 0 Å². The fraction of sp³-hybridized carbons (Fsp3) is 0.389. The molecule has 0 unspecified atom stereocenters. The van der Waals surface area contributed by atoms with E-state index in [0.29, 0.717) is 22.9 Å². The van der Waals surface area contributed by atoms with Crippen molar-refractivity contribution < 1.29 is 22.7 Å². The van der Waals surface area contributed by atoms with Crippen LogP contribution in [0.1, 0.15) is 22.5 Å². The van der Waals surface area contributed by atoms with Crippen molar-refractivity contribution in [3.05, 3.63) is 40.6 Å². The number of rotatable bonds is 7. The first-order chi connectivity index (χ1) is 12.9. The molecule has 1 amide bonds. The first kappa shape index (κ1) is 19.7. The maximum atomic E-state index is 12.8. The Hall–Kier alpha value is -2.10. The van der Waals surface area contributed by atoms with Crippen LogP contribution in [-0.2, 0) is 14.8 Å². The Kier molecular flexibility index (Phi) is 6.03. The van der Waals surface area contributed by atoms with Crippen LogP contribution in [0.2, 0.25) is 0 Å². The third-order valence-corrected chi connectivity index (χ3v) is 7.25. The molecule has 1 fully saturated rings. The van der Waals surface area contributed by atoms with Gasteiger partial charge in [-0.2, -0.15) is 0 Å². The smallest absolute Gasteiger partial charge is 0.264 e. The zero-order valence-corrected chi connectivity index (χ0v) is 16.8. The monoisotopic (exact) mass is 410 g/mol. The molecule has 7 nitrogen and oxygen atoms in total. The molecule has 27 heavy (non-hydrogen) atoms. The van der Waals surface area contributed by atoms with E-state index in [0.717, 1.165) is 30.8 Å². The lowest BCUT2D eigenvalue weighted by molar-refractivity contribution is 0.0861. The Morgan fingerprint density at radius 2 is 2.11 bits per heavy atom. The number of benzene rings is 1. The largest absolute Gasteiger partial charge is 0.497 e. The molecule has 0 bridgehead atoms. The Labute approximate surface area is 163 Å². The summed E-state index contributed by atoms with van der Waals surface area (Å²) >= 11 is 1.11. The lowest BCUT2D eigenvalue weighted by atomic mass is 10.2. The van der Waals surface area contributed by atoms with E-state index >= 15 is 0 Å². The van der Waals surface area contributed by atoms with E-state index in [2.05, 4.69) is 5.32 Å². The molecule has 146 valence electrons. The predicted molar refractivity (Wildman–Crippen MR) is 104 cm³/mol. The number of ether oxygens (including phenoxy) is 2. The first-order valence-corrected chi connectivity index (χ1v) is 10.8. The van der Waals surface area contributed by atoms with Gasteiger partial charge in [-0.15, -0.1) is 11.3 Å². The van der Waals surface area contributed by atoms with Crippen molar-refractivity contribution in [2.45, 2.75) is 23.8 Å². The molecule has 9 heteroatoms. The van der Waals surface area contributed by atoms with Crippen LogP contribution in [0.15, 0.2) is 40.6 Å². The van der Waals surface area contributed by atoms with Crippen LogP contribution in [0.25, 0.3) is 0 Å². The summed E-state index contributed by atoms with van der Waals surface area (Å²) in [5.41, 5.74) is 0.506. The van der Waals surface area contributed by atoms with Crippen LogP contribution in [-0.4, -0.2) is 47.7 Å². The number of methoxy groups -OCH3 is 1. The molecule has 2 aromatic rings. The summed E-state index contributed by atoms with van der Waals surface area (Å²) in [4.78, 5) is 12.7. The number of carbonyl (C=O) groups is 1. The lowest BCUT2D eigenvalue weighted by Gasteiger charge is -2.18. The zero-order chi connectivity index (χ0) is 19.4. The molecule has 0 aliphatic carbocycles. The van der Waals surface area contributed by atoms with E-state index in [1.54, 1.807) is 31.4 Å². The van der Waals surface area contributed by atoms with Crippen LogP contribution in [0, 0.1) is 0 Å². The molecule has 1 aromatic heterocycles. The van der Waals surface area contributed by atoms with Gasteiger partial charge in [0.1, 0.15) is 5.75 Å². The van der Waals surface area contributed by atoms with Gasteiger partial charge in [0.05, 0.1) is 28.7 Å². The highest BCUT2D eigenvalue weighted by molar-refractivity contribution is 7.93. The Morgan fingerprint density at radius 3 is 2.74 bits per heavy atom. The molecule has 3 rings (SSSR count). The van der Waals surface area contributed by atoms with E-state index in [9.17, 15) is 13.2 Å². The number of carbonyl (C=O) groups excluding carboxylic acids is 1. The van der Waals surface area contributed by atoms with Gasteiger partial charge in [-0.25, -0.2) is 8.42 Å². The summed E-state index contributed by atoms with van der Waals surface area (Å²) in [6.07, 6.45) is 1.97. The van der Waals surface area contributed by atoms with Crippen molar-refractivity contribution in [3.8, 4) is 5.75 Å². The molecule has 1 aromatic carbocycles. The maximum Gasteiger partial charge on any atom is 0.264 e. The molecule has 1 aliphatic rings. The van der Waals surface area contributed by atoms with Gasteiger partial charge in [0.25, 0.3) is 15.9 Å². The number of nitrogens with one attached hydrogen (secondary N) is 1. The van der Waals surface area contributed by atoms with Gasteiger partial charge in [0.2, 0.25) is 0 Å². The molecule has 0 radical (unpaired) electrons.